The first kappa shape index (κ1) is 26.2. The fourth-order valence-electron chi connectivity index (χ4n) is 4.84. The summed E-state index contributed by atoms with van der Waals surface area (Å²) in [5.74, 6) is -0.702. The van der Waals surface area contributed by atoms with E-state index < -0.39 is 12.2 Å². The third-order valence-electron chi connectivity index (χ3n) is 6.84. The number of ether oxygens (including phenoxy) is 1. The number of benzene rings is 1. The zero-order valence-electron chi connectivity index (χ0n) is 21.3. The molecule has 2 aromatic heterocycles. The monoisotopic (exact) mass is 508 g/mol. The van der Waals surface area contributed by atoms with E-state index in [1.165, 1.54) is 4.57 Å². The molecule has 0 unspecified atom stereocenters. The molecule has 0 bridgehead atoms. The molecule has 1 fully saturated rings. The molecule has 1 saturated heterocycles. The van der Waals surface area contributed by atoms with Gasteiger partial charge in [-0.25, -0.2) is 0 Å². The summed E-state index contributed by atoms with van der Waals surface area (Å²) in [6.07, 6.45) is 1.11. The fraction of sp³-hybridized carbons (Fsp3) is 0.407. The number of piperidine rings is 1. The lowest BCUT2D eigenvalue weighted by Gasteiger charge is -2.32. The molecular formula is C27H32N4O6. The van der Waals surface area contributed by atoms with Gasteiger partial charge in [-0.15, -0.1) is 0 Å². The number of nitrogens with one attached hydrogen (secondary N) is 1. The lowest BCUT2D eigenvalue weighted by Crippen LogP contribution is -2.47. The molecule has 0 radical (unpaired) electrons. The molecule has 0 spiro atoms. The molecule has 37 heavy (non-hydrogen) atoms. The number of fused-ring (bicyclic) bond motifs is 1. The van der Waals surface area contributed by atoms with Gasteiger partial charge in [-0.2, -0.15) is 0 Å². The van der Waals surface area contributed by atoms with Crippen LogP contribution in [0.3, 0.4) is 0 Å². The third-order valence-corrected chi connectivity index (χ3v) is 6.84. The van der Waals surface area contributed by atoms with Gasteiger partial charge in [0.1, 0.15) is 12.0 Å². The van der Waals surface area contributed by atoms with Crippen LogP contribution in [0.25, 0.3) is 10.9 Å². The molecule has 0 saturated carbocycles. The second-order valence-corrected chi connectivity index (χ2v) is 9.18. The Balaban J connectivity index is 1.67. The van der Waals surface area contributed by atoms with E-state index in [2.05, 4.69) is 5.32 Å². The number of aromatic nitrogens is 2. The van der Waals surface area contributed by atoms with E-state index >= 15 is 0 Å². The van der Waals surface area contributed by atoms with Crippen molar-refractivity contribution in [3.63, 3.8) is 0 Å². The number of nitrogens with zero attached hydrogens (tertiary/aromatic N) is 3. The predicted octanol–water partition coefficient (Wildman–Crippen LogP) is 1.64. The number of aryl methyl sites for hydroxylation is 2. The average molecular weight is 509 g/mol. The van der Waals surface area contributed by atoms with Gasteiger partial charge in [-0.05, 0) is 32.8 Å². The number of Topliss-reactive ketones (excluding diaryl/α,β-unsaturated/α-hetero) is 1. The maximum Gasteiger partial charge on any atom is 0.272 e. The van der Waals surface area contributed by atoms with E-state index in [1.54, 1.807) is 60.7 Å². The summed E-state index contributed by atoms with van der Waals surface area (Å²) in [7, 11) is 1.71. The van der Waals surface area contributed by atoms with Crippen molar-refractivity contribution in [1.82, 2.24) is 19.4 Å². The van der Waals surface area contributed by atoms with Crippen molar-refractivity contribution >= 4 is 28.5 Å². The third kappa shape index (κ3) is 5.15. The van der Waals surface area contributed by atoms with Crippen LogP contribution in [0.15, 0.2) is 41.2 Å². The Morgan fingerprint density at radius 3 is 2.43 bits per heavy atom. The Morgan fingerprint density at radius 1 is 1.14 bits per heavy atom. The molecule has 0 atom stereocenters. The van der Waals surface area contributed by atoms with Crippen molar-refractivity contribution in [1.29, 1.82) is 0 Å². The Labute approximate surface area is 214 Å². The number of amides is 2. The first-order valence-corrected chi connectivity index (χ1v) is 12.4. The van der Waals surface area contributed by atoms with Crippen molar-refractivity contribution in [2.75, 3.05) is 26.3 Å². The van der Waals surface area contributed by atoms with Crippen LogP contribution in [0.4, 0.5) is 0 Å². The van der Waals surface area contributed by atoms with Crippen LogP contribution in [0.5, 0.6) is 5.75 Å². The number of hydrogen-bond donors (Lipinski definition) is 2. The Morgan fingerprint density at radius 2 is 1.81 bits per heavy atom. The van der Waals surface area contributed by atoms with Crippen LogP contribution < -0.4 is 15.6 Å². The summed E-state index contributed by atoms with van der Waals surface area (Å²) in [6.45, 7) is 4.01. The summed E-state index contributed by atoms with van der Waals surface area (Å²) in [4.78, 5) is 53.2. The second kappa shape index (κ2) is 11.0. The van der Waals surface area contributed by atoms with Crippen LogP contribution in [-0.4, -0.2) is 69.1 Å². The summed E-state index contributed by atoms with van der Waals surface area (Å²) < 4.78 is 8.91. The predicted molar refractivity (Wildman–Crippen MR) is 138 cm³/mol. The number of pyridine rings is 1. The van der Waals surface area contributed by atoms with Crippen LogP contribution in [0.2, 0.25) is 0 Å². The van der Waals surface area contributed by atoms with Crippen LogP contribution >= 0.6 is 0 Å². The molecule has 1 aromatic carbocycles. The van der Waals surface area contributed by atoms with Crippen LogP contribution in [0.1, 0.15) is 46.3 Å². The van der Waals surface area contributed by atoms with E-state index in [0.717, 1.165) is 0 Å². The van der Waals surface area contributed by atoms with Crippen molar-refractivity contribution in [3.05, 3.63) is 63.7 Å². The maximum absolute atomic E-state index is 13.6. The Kier molecular flexibility index (Phi) is 7.77. The van der Waals surface area contributed by atoms with Gasteiger partial charge in [-0.1, -0.05) is 30.3 Å². The lowest BCUT2D eigenvalue weighted by atomic mass is 10.0. The molecule has 10 heteroatoms. The molecule has 0 aliphatic carbocycles. The molecule has 10 nitrogen and oxygen atoms in total. The smallest absolute Gasteiger partial charge is 0.272 e. The highest BCUT2D eigenvalue weighted by molar-refractivity contribution is 6.04. The highest BCUT2D eigenvalue weighted by atomic mass is 16.5. The molecular weight excluding hydrogens is 476 g/mol. The molecule has 4 rings (SSSR count). The number of aliphatic hydroxyl groups excluding tert-OH is 1. The average Bonchev–Trinajstić information content (AvgIpc) is 3.18. The van der Waals surface area contributed by atoms with Crippen molar-refractivity contribution in [3.8, 4) is 5.75 Å². The van der Waals surface area contributed by atoms with E-state index in [9.17, 15) is 19.2 Å². The number of rotatable bonds is 8. The van der Waals surface area contributed by atoms with Gasteiger partial charge in [0.15, 0.2) is 17.2 Å². The first-order valence-electron chi connectivity index (χ1n) is 12.4. The summed E-state index contributed by atoms with van der Waals surface area (Å²) in [5.41, 5.74) is 1.49. The van der Waals surface area contributed by atoms with Gasteiger partial charge < -0.3 is 29.2 Å². The van der Waals surface area contributed by atoms with E-state index in [1.807, 2.05) is 6.07 Å². The van der Waals surface area contributed by atoms with Crippen molar-refractivity contribution in [2.45, 2.75) is 39.3 Å². The molecule has 1 aliphatic rings. The second-order valence-electron chi connectivity index (χ2n) is 9.18. The van der Waals surface area contributed by atoms with Crippen molar-refractivity contribution < 1.29 is 24.2 Å². The number of likely N-dealkylation sites (tertiary alicyclic amines) is 1. The van der Waals surface area contributed by atoms with Gasteiger partial charge in [0, 0.05) is 37.4 Å². The zero-order chi connectivity index (χ0) is 26.7. The Bertz CT molecular complexity index is 1380. The van der Waals surface area contributed by atoms with Crippen LogP contribution in [0, 0.1) is 6.92 Å². The molecule has 3 aromatic rings. The zero-order valence-corrected chi connectivity index (χ0v) is 21.3. The van der Waals surface area contributed by atoms with Gasteiger partial charge in [0.2, 0.25) is 5.91 Å². The van der Waals surface area contributed by atoms with E-state index in [0.29, 0.717) is 42.7 Å². The minimum atomic E-state index is -0.529. The minimum absolute atomic E-state index is 0.127. The number of carbonyl (C=O) groups excluding carboxylic acids is 3. The lowest BCUT2D eigenvalue weighted by molar-refractivity contribution is -0.135. The van der Waals surface area contributed by atoms with Gasteiger partial charge in [-0.3, -0.25) is 19.2 Å². The van der Waals surface area contributed by atoms with Gasteiger partial charge in [0.25, 0.3) is 11.5 Å². The number of aliphatic hydroxyl groups is 1. The number of carbonyl (C=O) groups is 3. The summed E-state index contributed by atoms with van der Waals surface area (Å²) in [5, 5.41) is 12.3. The summed E-state index contributed by atoms with van der Waals surface area (Å²) in [6, 6.07) is 10.4. The van der Waals surface area contributed by atoms with Crippen LogP contribution in [-0.2, 0) is 18.4 Å². The standard InChI is InChI=1S/C27H32N4O6/c1-4-37-25-23-20(14-17(2)31(27(23)36)15-21(33)18-8-6-5-7-9-18)29(3)24(25)26(35)28-19-10-12-30(13-11-19)22(34)16-32/h5-9,14,19,32H,4,10-13,15-16H2,1-3H3,(H,28,35). The normalized spacial score (nSPS) is 14.1. The van der Waals surface area contributed by atoms with Gasteiger partial charge >= 0.3 is 0 Å². The highest BCUT2D eigenvalue weighted by Crippen LogP contribution is 2.31. The fourth-order valence-corrected chi connectivity index (χ4v) is 4.84. The first-order chi connectivity index (χ1) is 17.8. The quantitative estimate of drug-likeness (QED) is 0.446. The van der Waals surface area contributed by atoms with E-state index in [-0.39, 0.29) is 53.6 Å². The molecule has 3 heterocycles. The SMILES string of the molecule is CCOc1c(C(=O)NC2CCN(C(=O)CO)CC2)n(C)c2cc(C)n(CC(=O)c3ccccc3)c(=O)c12. The highest BCUT2D eigenvalue weighted by Gasteiger charge is 2.29. The molecule has 2 amide bonds. The maximum atomic E-state index is 13.6. The minimum Gasteiger partial charge on any atom is -0.491 e. The van der Waals surface area contributed by atoms with Gasteiger partial charge in [0.05, 0.1) is 18.7 Å². The number of hydrogen-bond acceptors (Lipinski definition) is 6. The largest absolute Gasteiger partial charge is 0.491 e. The molecule has 2 N–H and O–H groups in total. The molecule has 196 valence electrons. The summed E-state index contributed by atoms with van der Waals surface area (Å²) >= 11 is 0. The Hall–Kier alpha value is -3.92. The van der Waals surface area contributed by atoms with E-state index in [4.69, 9.17) is 9.84 Å². The topological polar surface area (TPSA) is 123 Å². The number of ketones is 1. The molecule has 1 aliphatic heterocycles. The van der Waals surface area contributed by atoms with Crippen molar-refractivity contribution in [2.24, 2.45) is 7.05 Å².